The van der Waals surface area contributed by atoms with Gasteiger partial charge >= 0.3 is 0 Å². The average Bonchev–Trinajstić information content (AvgIpc) is 2.44. The number of aromatic nitrogens is 1. The highest BCUT2D eigenvalue weighted by atomic mass is 32.1. The topological polar surface area (TPSA) is 42.2 Å². The first-order valence-electron chi connectivity index (χ1n) is 4.59. The number of hydrogen-bond acceptors (Lipinski definition) is 4. The predicted octanol–water partition coefficient (Wildman–Crippen LogP) is 2.27. The summed E-state index contributed by atoms with van der Waals surface area (Å²) in [6.07, 6.45) is 2.44. The molecular weight excluding hydrogens is 182 g/mol. The molecule has 0 aliphatic heterocycles. The molecule has 0 bridgehead atoms. The maximum atomic E-state index is 5.68. The number of nitrogens with two attached hydrogens (primary N) is 1. The van der Waals surface area contributed by atoms with Crippen LogP contribution in [0.5, 0.6) is 0 Å². The minimum absolute atomic E-state index is 0.670. The van der Waals surface area contributed by atoms with Crippen LogP contribution in [0.25, 0.3) is 0 Å². The van der Waals surface area contributed by atoms with E-state index in [0.29, 0.717) is 5.82 Å². The van der Waals surface area contributed by atoms with Crippen LogP contribution in [0.2, 0.25) is 0 Å². The van der Waals surface area contributed by atoms with Crippen LogP contribution in [-0.2, 0) is 0 Å². The van der Waals surface area contributed by atoms with E-state index >= 15 is 0 Å². The van der Waals surface area contributed by atoms with Gasteiger partial charge in [0.2, 0.25) is 0 Å². The van der Waals surface area contributed by atoms with Gasteiger partial charge in [0.05, 0.1) is 0 Å². The molecule has 3 nitrogen and oxygen atoms in total. The Bertz CT molecular complexity index is 270. The van der Waals surface area contributed by atoms with Gasteiger partial charge in [-0.3, -0.25) is 0 Å². The monoisotopic (exact) mass is 199 g/mol. The van der Waals surface area contributed by atoms with Crippen LogP contribution < -0.4 is 10.6 Å². The second-order valence-corrected chi connectivity index (χ2v) is 4.02. The number of anilines is 2. The zero-order valence-electron chi connectivity index (χ0n) is 8.50. The van der Waals surface area contributed by atoms with Crippen LogP contribution in [0.4, 0.5) is 10.8 Å². The van der Waals surface area contributed by atoms with Gasteiger partial charge in [-0.25, -0.2) is 0 Å². The molecule has 0 saturated carbocycles. The lowest BCUT2D eigenvalue weighted by molar-refractivity contribution is 0.769. The van der Waals surface area contributed by atoms with E-state index in [4.69, 9.17) is 5.73 Å². The highest BCUT2D eigenvalue weighted by Crippen LogP contribution is 2.28. The second-order valence-electron chi connectivity index (χ2n) is 3.27. The van der Waals surface area contributed by atoms with Crippen LogP contribution in [0.1, 0.15) is 25.3 Å². The Labute approximate surface area is 83.7 Å². The van der Waals surface area contributed by atoms with Gasteiger partial charge in [-0.05, 0) is 24.9 Å². The van der Waals surface area contributed by atoms with E-state index in [-0.39, 0.29) is 0 Å². The third kappa shape index (κ3) is 2.34. The van der Waals surface area contributed by atoms with Gasteiger partial charge in [0.25, 0.3) is 0 Å². The van der Waals surface area contributed by atoms with Crippen molar-refractivity contribution in [2.24, 2.45) is 0 Å². The molecule has 1 aromatic heterocycles. The molecule has 0 saturated heterocycles. The highest BCUT2D eigenvalue weighted by molar-refractivity contribution is 7.10. The van der Waals surface area contributed by atoms with E-state index < -0.39 is 0 Å². The standard InChI is InChI=1S/C9H17N3S/c1-4-5-6-12(3)9-7(2)8(10)11-13-9/h4-6H2,1-3H3,(H2,10,11). The maximum absolute atomic E-state index is 5.68. The summed E-state index contributed by atoms with van der Waals surface area (Å²) < 4.78 is 4.12. The summed E-state index contributed by atoms with van der Waals surface area (Å²) in [4.78, 5) is 2.23. The van der Waals surface area contributed by atoms with Gasteiger partial charge in [-0.15, -0.1) is 0 Å². The lowest BCUT2D eigenvalue weighted by atomic mass is 10.3. The lowest BCUT2D eigenvalue weighted by Crippen LogP contribution is -2.17. The quantitative estimate of drug-likeness (QED) is 0.809. The molecule has 2 N–H and O–H groups in total. The lowest BCUT2D eigenvalue weighted by Gasteiger charge is -2.16. The maximum Gasteiger partial charge on any atom is 0.142 e. The van der Waals surface area contributed by atoms with Gasteiger partial charge in [0, 0.05) is 19.2 Å². The summed E-state index contributed by atoms with van der Waals surface area (Å²) in [5.74, 6) is 0.670. The Morgan fingerprint density at radius 1 is 1.54 bits per heavy atom. The fourth-order valence-electron chi connectivity index (χ4n) is 1.19. The molecule has 0 radical (unpaired) electrons. The minimum Gasteiger partial charge on any atom is -0.383 e. The Balaban J connectivity index is 2.65. The number of rotatable bonds is 4. The SMILES string of the molecule is CCCCN(C)c1snc(N)c1C. The first kappa shape index (κ1) is 10.3. The molecule has 4 heteroatoms. The molecule has 0 aromatic carbocycles. The van der Waals surface area contributed by atoms with Crippen molar-refractivity contribution >= 4 is 22.4 Å². The normalized spacial score (nSPS) is 10.4. The Morgan fingerprint density at radius 3 is 2.69 bits per heavy atom. The molecular formula is C9H17N3S. The van der Waals surface area contributed by atoms with E-state index in [1.54, 1.807) is 0 Å². The van der Waals surface area contributed by atoms with Crippen molar-refractivity contribution in [3.63, 3.8) is 0 Å². The van der Waals surface area contributed by atoms with Crippen molar-refractivity contribution in [2.45, 2.75) is 26.7 Å². The van der Waals surface area contributed by atoms with E-state index in [2.05, 4.69) is 23.2 Å². The molecule has 0 aliphatic carbocycles. The molecule has 0 amide bonds. The number of unbranched alkanes of at least 4 members (excludes halogenated alkanes) is 1. The van der Waals surface area contributed by atoms with Crippen molar-refractivity contribution in [2.75, 3.05) is 24.2 Å². The zero-order chi connectivity index (χ0) is 9.84. The third-order valence-electron chi connectivity index (χ3n) is 2.13. The van der Waals surface area contributed by atoms with E-state index in [9.17, 15) is 0 Å². The number of nitrogen functional groups attached to an aromatic ring is 1. The summed E-state index contributed by atoms with van der Waals surface area (Å²) in [5.41, 5.74) is 6.79. The third-order valence-corrected chi connectivity index (χ3v) is 3.21. The van der Waals surface area contributed by atoms with Crippen LogP contribution in [0.3, 0.4) is 0 Å². The molecule has 0 unspecified atom stereocenters. The van der Waals surface area contributed by atoms with Crippen LogP contribution in [-0.4, -0.2) is 18.0 Å². The summed E-state index contributed by atoms with van der Waals surface area (Å²) in [6.45, 7) is 5.30. The van der Waals surface area contributed by atoms with Gasteiger partial charge in [0.15, 0.2) is 0 Å². The highest BCUT2D eigenvalue weighted by Gasteiger charge is 2.09. The van der Waals surface area contributed by atoms with Crippen LogP contribution in [0.15, 0.2) is 0 Å². The average molecular weight is 199 g/mol. The number of hydrogen-bond donors (Lipinski definition) is 1. The predicted molar refractivity (Wildman–Crippen MR) is 59.4 cm³/mol. The smallest absolute Gasteiger partial charge is 0.142 e. The molecule has 0 fully saturated rings. The summed E-state index contributed by atoms with van der Waals surface area (Å²) in [6, 6.07) is 0. The first-order chi connectivity index (χ1) is 6.16. The molecule has 13 heavy (non-hydrogen) atoms. The zero-order valence-corrected chi connectivity index (χ0v) is 9.32. The van der Waals surface area contributed by atoms with Gasteiger partial charge in [-0.1, -0.05) is 13.3 Å². The van der Waals surface area contributed by atoms with E-state index in [1.807, 2.05) is 6.92 Å². The van der Waals surface area contributed by atoms with Gasteiger partial charge < -0.3 is 10.6 Å². The van der Waals surface area contributed by atoms with Crippen LogP contribution in [0, 0.1) is 6.92 Å². The first-order valence-corrected chi connectivity index (χ1v) is 5.37. The fraction of sp³-hybridized carbons (Fsp3) is 0.667. The summed E-state index contributed by atoms with van der Waals surface area (Å²) >= 11 is 1.49. The van der Waals surface area contributed by atoms with Crippen molar-refractivity contribution in [1.82, 2.24) is 4.37 Å². The van der Waals surface area contributed by atoms with Crippen molar-refractivity contribution in [1.29, 1.82) is 0 Å². The molecule has 74 valence electrons. The van der Waals surface area contributed by atoms with Gasteiger partial charge in [0.1, 0.15) is 10.8 Å². The summed E-state index contributed by atoms with van der Waals surface area (Å²) in [5, 5.41) is 1.20. The van der Waals surface area contributed by atoms with Crippen molar-refractivity contribution < 1.29 is 0 Å². The molecule has 0 atom stereocenters. The number of nitrogens with zero attached hydrogens (tertiary/aromatic N) is 2. The molecule has 1 aromatic rings. The fourth-order valence-corrected chi connectivity index (χ4v) is 1.99. The van der Waals surface area contributed by atoms with E-state index in [1.165, 1.54) is 29.4 Å². The van der Waals surface area contributed by atoms with Gasteiger partial charge in [-0.2, -0.15) is 4.37 Å². The van der Waals surface area contributed by atoms with Crippen molar-refractivity contribution in [3.8, 4) is 0 Å². The molecule has 0 spiro atoms. The molecule has 1 heterocycles. The minimum atomic E-state index is 0.670. The molecule has 0 aliphatic rings. The second kappa shape index (κ2) is 4.46. The summed E-state index contributed by atoms with van der Waals surface area (Å²) in [7, 11) is 2.09. The Morgan fingerprint density at radius 2 is 2.23 bits per heavy atom. The van der Waals surface area contributed by atoms with Crippen molar-refractivity contribution in [3.05, 3.63) is 5.56 Å². The Kier molecular flexibility index (Phi) is 3.54. The Hall–Kier alpha value is -0.770. The van der Waals surface area contributed by atoms with E-state index in [0.717, 1.165) is 12.1 Å². The largest absolute Gasteiger partial charge is 0.383 e. The van der Waals surface area contributed by atoms with Crippen LogP contribution >= 0.6 is 11.5 Å². The molecule has 1 rings (SSSR count).